The maximum Gasteiger partial charge on any atom is 0.338 e. The highest BCUT2D eigenvalue weighted by atomic mass is 32.2. The Bertz CT molecular complexity index is 3510. The molecule has 5 atom stereocenters. The molecule has 0 heterocycles. The minimum atomic E-state index is -0.227. The fraction of sp³-hybridized carbons (Fsp3) is 0.701. The zero-order valence-electron chi connectivity index (χ0n) is 89.4. The lowest BCUT2D eigenvalue weighted by Crippen LogP contribution is -2.53. The maximum absolute atomic E-state index is 12.2. The van der Waals surface area contributed by atoms with E-state index in [0.29, 0.717) is 16.7 Å². The number of nitrogens with zero attached hydrogens (tertiary/aromatic N) is 8. The average molecular weight is 1930 g/mol. The number of thioether (sulfide) groups is 5. The molecule has 4 aromatic carbocycles. The van der Waals surface area contributed by atoms with Gasteiger partial charge in [-0.05, 0) is 178 Å². The van der Waals surface area contributed by atoms with Gasteiger partial charge >= 0.3 is 17.9 Å². The van der Waals surface area contributed by atoms with E-state index in [0.717, 1.165) is 185 Å². The first kappa shape index (κ1) is 132. The number of hydrogen-bond acceptors (Lipinski definition) is 16. The summed E-state index contributed by atoms with van der Waals surface area (Å²) in [7, 11) is 12.8. The van der Waals surface area contributed by atoms with Gasteiger partial charge in [0.1, 0.15) is 37.9 Å². The fourth-order valence-corrected chi connectivity index (χ4v) is 20.4. The molecule has 0 fully saturated rings. The van der Waals surface area contributed by atoms with Crippen molar-refractivity contribution in [1.82, 2.24) is 0 Å². The Morgan fingerprint density at radius 3 is 0.687 bits per heavy atom. The smallest absolute Gasteiger partial charge is 0.338 e. The molecule has 4 aromatic rings. The van der Waals surface area contributed by atoms with Crippen LogP contribution in [-0.2, 0) is 33.4 Å². The highest BCUT2D eigenvalue weighted by Crippen LogP contribution is 2.22. The van der Waals surface area contributed by atoms with Crippen molar-refractivity contribution in [2.45, 2.75) is 256 Å². The number of likely N-dealkylation sites (N-methyl/N-ethyl adjacent to an activating group) is 3. The van der Waals surface area contributed by atoms with Crippen LogP contribution in [0.2, 0.25) is 0 Å². The molecule has 4 rings (SSSR count). The van der Waals surface area contributed by atoms with Crippen molar-refractivity contribution >= 4 is 102 Å². The van der Waals surface area contributed by atoms with E-state index >= 15 is 0 Å². The second-order valence-electron chi connectivity index (χ2n) is 37.1. The molecule has 131 heavy (non-hydrogen) atoms. The zero-order chi connectivity index (χ0) is 100. The number of quaternary nitrogens is 8. The summed E-state index contributed by atoms with van der Waals surface area (Å²) in [6.45, 7) is 81.9. The summed E-state index contributed by atoms with van der Waals surface area (Å²) in [6.07, 6.45) is 12.0. The first-order valence-electron chi connectivity index (χ1n) is 50.1. The van der Waals surface area contributed by atoms with Gasteiger partial charge in [0, 0.05) is 33.3 Å². The summed E-state index contributed by atoms with van der Waals surface area (Å²) >= 11 is 7.20. The van der Waals surface area contributed by atoms with E-state index in [2.05, 4.69) is 167 Å². The number of rotatable bonds is 56. The molecule has 0 saturated carbocycles. The Labute approximate surface area is 825 Å². The average Bonchev–Trinajstić information content (AvgIpc) is 0.856. The summed E-state index contributed by atoms with van der Waals surface area (Å²) in [5.41, 5.74) is 2.68. The monoisotopic (exact) mass is 1930 g/mol. The Morgan fingerprint density at radius 1 is 0.244 bits per heavy atom. The predicted molar refractivity (Wildman–Crippen MR) is 572 cm³/mol. The summed E-state index contributed by atoms with van der Waals surface area (Å²) < 4.78 is 25.3. The fourth-order valence-electron chi connectivity index (χ4n) is 16.0. The van der Waals surface area contributed by atoms with Crippen LogP contribution in [0.25, 0.3) is 0 Å². The van der Waals surface area contributed by atoms with Crippen LogP contribution in [0.1, 0.15) is 279 Å². The van der Waals surface area contributed by atoms with E-state index in [1.54, 1.807) is 64.1 Å². The van der Waals surface area contributed by atoms with Gasteiger partial charge in [-0.1, -0.05) is 212 Å². The Hall–Kier alpha value is -4.93. The van der Waals surface area contributed by atoms with Crippen molar-refractivity contribution in [3.05, 3.63) is 144 Å². The van der Waals surface area contributed by atoms with Gasteiger partial charge in [0.2, 0.25) is 5.12 Å². The normalized spacial score (nSPS) is 13.0. The molecule has 24 heteroatoms. The molecule has 0 bridgehead atoms. The second-order valence-corrected chi connectivity index (χ2v) is 43.2. The molecule has 0 radical (unpaired) electrons. The van der Waals surface area contributed by atoms with Crippen LogP contribution in [0.5, 0.6) is 0 Å². The molecule has 754 valence electrons. The summed E-state index contributed by atoms with van der Waals surface area (Å²) in [4.78, 5) is 91.0. The van der Waals surface area contributed by atoms with Gasteiger partial charge in [0.15, 0.2) is 20.5 Å². The third-order valence-corrected chi connectivity index (χ3v) is 28.5. The van der Waals surface area contributed by atoms with Gasteiger partial charge in [0.05, 0.1) is 238 Å². The number of carbonyl (C=O) groups is 8. The SMILES string of the molecule is CC(=O)SCC[N+](C)(C)C.CCCC[N+](CC)(CCC)CC(C)OC(=O)c1ccccc1.CCCC[N+](CC)(CCC)CCSC(C)=O.CCC[N+](CC)(CCC)CC(C)OC(=O)c1ccccc1.CCC[N+](CC)(CCC)CCSC(C)=O.CC[N+](CC)(CC)CC(C)OC(=O)c1ccccc1.CC[N+](CC)(CC)CCSC(C)=O.C[N+](C)(C)CCSC(=O)c1ccccc1. The quantitative estimate of drug-likeness (QED) is 0.0233. The van der Waals surface area contributed by atoms with Crippen molar-refractivity contribution < 1.29 is 88.4 Å². The van der Waals surface area contributed by atoms with Gasteiger partial charge in [-0.15, -0.1) is 0 Å². The molecule has 0 N–H and O–H groups in total. The van der Waals surface area contributed by atoms with Crippen molar-refractivity contribution in [1.29, 1.82) is 0 Å². The Kier molecular flexibility index (Phi) is 78.8. The summed E-state index contributed by atoms with van der Waals surface area (Å²) in [6, 6.07) is 37.1. The summed E-state index contributed by atoms with van der Waals surface area (Å²) in [5, 5.41) is 1.12. The van der Waals surface area contributed by atoms with Crippen molar-refractivity contribution in [2.24, 2.45) is 0 Å². The minimum Gasteiger partial charge on any atom is -0.453 e. The number of benzene rings is 4. The topological polar surface area (TPSA) is 164 Å². The molecule has 0 saturated heterocycles. The summed E-state index contributed by atoms with van der Waals surface area (Å²) in [5.74, 6) is 4.06. The molecule has 0 aromatic heterocycles. The molecule has 19 nitrogen and oxygen atoms in total. The van der Waals surface area contributed by atoms with Crippen LogP contribution in [0.3, 0.4) is 0 Å². The standard InChI is InChI=1S/C19H32NO2.C18H30NO2.C16H26NO2.C13H28NOS.C12H18NOS.C12H26NOS.C10H22NOS.C7H16NOS/c1-5-8-15-20(7-3,14-6-2)16-17(4)22-19(21)18-12-10-9-11-13-18;1-5-13-19(7-3,14-6-2)15-16(4)21-18(20)17-11-9-8-10-12-17;1-5-17(6-2,7-3)13-14(4)19-16(18)15-11-9-8-10-12-15;1-5-8-10-14(7-3,9-6-2)11-12-16-13(4)15;1-13(2,3)9-10-15-12(14)11-7-5-4-6-8-11;1-5-8-13(7-3,9-6-2)10-11-15-12(4)14;1-5-11(6-2,7-3)8-9-13-10(4)12;1-7(9)10-6-5-8(2,3)4/h9-13,17H,5-8,14-16H2,1-4H3;8-12,16H,5-7,13-15H2,1-4H3;8-12,14H,5-7,13H2,1-4H3;5-12H2,1-4H3;4-8H,9-10H2,1-3H3;5-11H2,1-4H3;5-9H2,1-4H3;5-6H2,1-4H3/q8*+1. The van der Waals surface area contributed by atoms with Crippen LogP contribution in [-0.4, -0.2) is 339 Å². The number of carbonyl (C=O) groups excluding carboxylic acids is 8. The first-order valence-corrected chi connectivity index (χ1v) is 55.1. The zero-order valence-corrected chi connectivity index (χ0v) is 93.5. The lowest BCUT2D eigenvalue weighted by Gasteiger charge is -2.39. The Balaban J connectivity index is -0.000000710. The van der Waals surface area contributed by atoms with Crippen molar-refractivity contribution in [3.8, 4) is 0 Å². The molecular formula is C107H198N8O11S5+8. The van der Waals surface area contributed by atoms with E-state index in [-0.39, 0.29) is 61.8 Å². The molecule has 0 aliphatic heterocycles. The van der Waals surface area contributed by atoms with Crippen molar-refractivity contribution in [3.63, 3.8) is 0 Å². The number of ether oxygens (including phenoxy) is 3. The van der Waals surface area contributed by atoms with Crippen LogP contribution >= 0.6 is 58.8 Å². The lowest BCUT2D eigenvalue weighted by molar-refractivity contribution is -0.929. The van der Waals surface area contributed by atoms with E-state index in [1.165, 1.54) is 178 Å². The Morgan fingerprint density at radius 2 is 0.450 bits per heavy atom. The predicted octanol–water partition coefficient (Wildman–Crippen LogP) is 22.9. The van der Waals surface area contributed by atoms with E-state index in [9.17, 15) is 38.4 Å². The van der Waals surface area contributed by atoms with E-state index in [1.807, 2.05) is 106 Å². The van der Waals surface area contributed by atoms with E-state index < -0.39 is 0 Å². The number of unbranched alkanes of at least 4 members (excludes halogenated alkanes) is 2. The van der Waals surface area contributed by atoms with Gasteiger partial charge in [-0.3, -0.25) is 24.0 Å². The molecule has 0 aliphatic rings. The van der Waals surface area contributed by atoms with Gasteiger partial charge in [0.25, 0.3) is 0 Å². The highest BCUT2D eigenvalue weighted by Gasteiger charge is 2.32. The maximum atomic E-state index is 12.2. The highest BCUT2D eigenvalue weighted by molar-refractivity contribution is 8.14. The molecule has 0 amide bonds. The first-order chi connectivity index (χ1) is 61.9. The third-order valence-electron chi connectivity index (χ3n) is 24.4. The van der Waals surface area contributed by atoms with Gasteiger partial charge in [-0.25, -0.2) is 14.4 Å². The molecule has 0 aliphatic carbocycles. The number of hydrogen-bond donors (Lipinski definition) is 0. The van der Waals surface area contributed by atoms with Crippen molar-refractivity contribution in [2.75, 3.05) is 241 Å². The van der Waals surface area contributed by atoms with Crippen LogP contribution < -0.4 is 0 Å². The molecule has 5 unspecified atom stereocenters. The van der Waals surface area contributed by atoms with Crippen LogP contribution in [0, 0.1) is 0 Å². The number of esters is 3. The van der Waals surface area contributed by atoms with Crippen LogP contribution in [0.15, 0.2) is 121 Å². The molecular weight excluding hydrogens is 1730 g/mol. The molecule has 0 spiro atoms. The lowest BCUT2D eigenvalue weighted by atomic mass is 10.2. The van der Waals surface area contributed by atoms with Gasteiger partial charge < -0.3 is 50.1 Å². The van der Waals surface area contributed by atoms with Crippen LogP contribution in [0.4, 0.5) is 0 Å². The third kappa shape index (κ3) is 66.3. The minimum absolute atomic E-state index is 0.0592. The largest absolute Gasteiger partial charge is 0.453 e. The van der Waals surface area contributed by atoms with Gasteiger partial charge in [-0.2, -0.15) is 0 Å². The second kappa shape index (κ2) is 78.0. The van der Waals surface area contributed by atoms with E-state index in [4.69, 9.17) is 14.2 Å².